The first-order chi connectivity index (χ1) is 10.2. The van der Waals surface area contributed by atoms with Gasteiger partial charge in [-0.05, 0) is 48.8 Å². The molecular formula is C16H26N3OSSi. The average Bonchev–Trinajstić information content (AvgIpc) is 2.38. The Kier molecular flexibility index (Phi) is 6.56. The second-order valence-corrected chi connectivity index (χ2v) is 8.79. The summed E-state index contributed by atoms with van der Waals surface area (Å²) in [6, 6.07) is 6.21. The number of nitrogens with zero attached hydrogens (tertiary/aromatic N) is 1. The van der Waals surface area contributed by atoms with Crippen LogP contribution in [-0.4, -0.2) is 19.9 Å². The van der Waals surface area contributed by atoms with E-state index in [4.69, 9.17) is 22.4 Å². The summed E-state index contributed by atoms with van der Waals surface area (Å²) >= 11 is 4.83. The number of hydrazone groups is 1. The molecule has 0 heterocycles. The first kappa shape index (κ1) is 18.6. The number of thiocarbonyl (C=S) groups is 1. The molecule has 0 aromatic heterocycles. The molecule has 0 aliphatic rings. The van der Waals surface area contributed by atoms with Crippen molar-refractivity contribution in [3.63, 3.8) is 0 Å². The highest BCUT2D eigenvalue weighted by atomic mass is 32.1. The lowest BCUT2D eigenvalue weighted by atomic mass is 9.84. The Hall–Kier alpha value is -1.40. The quantitative estimate of drug-likeness (QED) is 0.373. The summed E-state index contributed by atoms with van der Waals surface area (Å²) in [6.07, 6.45) is 0.759. The zero-order valence-corrected chi connectivity index (χ0v) is 16.1. The van der Waals surface area contributed by atoms with Gasteiger partial charge in [0, 0.05) is 5.56 Å². The van der Waals surface area contributed by atoms with Gasteiger partial charge in [0.15, 0.2) is 5.11 Å². The van der Waals surface area contributed by atoms with E-state index in [-0.39, 0.29) is 10.5 Å². The molecule has 0 amide bonds. The second-order valence-electron chi connectivity index (χ2n) is 6.33. The standard InChI is InChI=1S/C16H26N3OSSi/c1-7-13(18-19-15(17)21)11-9-8-10-12(16(2,3)4)14(11)20-22(5)6/h8-10H,7H2,1-6H3,(H3,17,19,21)/b18-13+. The monoisotopic (exact) mass is 336 g/mol. The summed E-state index contributed by atoms with van der Waals surface area (Å²) < 4.78 is 6.22. The van der Waals surface area contributed by atoms with Crippen molar-refractivity contribution in [3.8, 4) is 5.75 Å². The Labute approximate surface area is 140 Å². The molecule has 0 unspecified atom stereocenters. The number of nitrogens with two attached hydrogens (primary N) is 1. The van der Waals surface area contributed by atoms with Crippen LogP contribution in [0.5, 0.6) is 5.75 Å². The molecule has 4 nitrogen and oxygen atoms in total. The maximum atomic E-state index is 6.22. The van der Waals surface area contributed by atoms with Crippen LogP contribution in [0.1, 0.15) is 45.2 Å². The van der Waals surface area contributed by atoms with Crippen molar-refractivity contribution in [1.29, 1.82) is 0 Å². The Bertz CT molecular complexity index is 565. The fourth-order valence-corrected chi connectivity index (χ4v) is 2.80. The Morgan fingerprint density at radius 1 is 1.36 bits per heavy atom. The fourth-order valence-electron chi connectivity index (χ4n) is 2.12. The van der Waals surface area contributed by atoms with Gasteiger partial charge < -0.3 is 10.2 Å². The van der Waals surface area contributed by atoms with E-state index in [1.807, 2.05) is 12.1 Å². The van der Waals surface area contributed by atoms with Gasteiger partial charge in [0.1, 0.15) is 5.75 Å². The van der Waals surface area contributed by atoms with Crippen LogP contribution in [0.4, 0.5) is 0 Å². The highest BCUT2D eigenvalue weighted by molar-refractivity contribution is 7.80. The molecule has 1 aromatic rings. The van der Waals surface area contributed by atoms with Crippen LogP contribution < -0.4 is 15.6 Å². The Balaban J connectivity index is 3.45. The fraction of sp³-hybridized carbons (Fsp3) is 0.500. The minimum atomic E-state index is -0.888. The topological polar surface area (TPSA) is 59.6 Å². The number of hydrogen-bond donors (Lipinski definition) is 2. The first-order valence-electron chi connectivity index (χ1n) is 7.40. The SMILES string of the molecule is CC/C(=N\NC(N)=S)c1cccc(C(C)(C)C)c1O[Si](C)C. The molecule has 22 heavy (non-hydrogen) atoms. The average molecular weight is 337 g/mol. The van der Waals surface area contributed by atoms with Crippen LogP contribution in [0, 0.1) is 0 Å². The van der Waals surface area contributed by atoms with Gasteiger partial charge in [0.2, 0.25) is 0 Å². The lowest BCUT2D eigenvalue weighted by molar-refractivity contribution is 0.519. The molecule has 0 spiro atoms. The lowest BCUT2D eigenvalue weighted by Crippen LogP contribution is -2.26. The van der Waals surface area contributed by atoms with Gasteiger partial charge in [0.25, 0.3) is 9.04 Å². The summed E-state index contributed by atoms with van der Waals surface area (Å²) in [7, 11) is -0.888. The largest absolute Gasteiger partial charge is 0.542 e. The molecule has 3 N–H and O–H groups in total. The molecule has 0 saturated carbocycles. The molecule has 1 rings (SSSR count). The zero-order valence-electron chi connectivity index (χ0n) is 14.3. The minimum Gasteiger partial charge on any atom is -0.542 e. The van der Waals surface area contributed by atoms with Gasteiger partial charge in [0.05, 0.1) is 5.71 Å². The summed E-state index contributed by atoms with van der Waals surface area (Å²) in [5.41, 5.74) is 11.2. The smallest absolute Gasteiger partial charge is 0.274 e. The highest BCUT2D eigenvalue weighted by Gasteiger charge is 2.23. The van der Waals surface area contributed by atoms with E-state index >= 15 is 0 Å². The van der Waals surface area contributed by atoms with Gasteiger partial charge in [-0.1, -0.05) is 39.8 Å². The van der Waals surface area contributed by atoms with Crippen molar-refractivity contribution in [3.05, 3.63) is 29.3 Å². The van der Waals surface area contributed by atoms with Crippen LogP contribution in [0.2, 0.25) is 13.1 Å². The molecule has 0 atom stereocenters. The van der Waals surface area contributed by atoms with Crippen LogP contribution in [0.25, 0.3) is 0 Å². The number of nitrogens with one attached hydrogen (secondary N) is 1. The maximum absolute atomic E-state index is 6.22. The number of para-hydroxylation sites is 1. The van der Waals surface area contributed by atoms with Gasteiger partial charge in [-0.2, -0.15) is 5.10 Å². The second kappa shape index (κ2) is 7.74. The minimum absolute atomic E-state index is 0.00188. The van der Waals surface area contributed by atoms with Crippen LogP contribution in [0.3, 0.4) is 0 Å². The van der Waals surface area contributed by atoms with Crippen molar-refractivity contribution in [2.75, 3.05) is 0 Å². The summed E-state index contributed by atoms with van der Waals surface area (Å²) in [6.45, 7) is 12.9. The molecular weight excluding hydrogens is 310 g/mol. The molecule has 6 heteroatoms. The Morgan fingerprint density at radius 2 is 2.00 bits per heavy atom. The van der Waals surface area contributed by atoms with Gasteiger partial charge in [-0.3, -0.25) is 5.43 Å². The first-order valence-corrected chi connectivity index (χ1v) is 10.2. The van der Waals surface area contributed by atoms with Gasteiger partial charge in [-0.15, -0.1) is 0 Å². The molecule has 0 aliphatic carbocycles. The van der Waals surface area contributed by atoms with E-state index in [1.165, 1.54) is 5.56 Å². The van der Waals surface area contributed by atoms with E-state index in [9.17, 15) is 0 Å². The van der Waals surface area contributed by atoms with E-state index in [2.05, 4.69) is 57.4 Å². The van der Waals surface area contributed by atoms with E-state index in [1.54, 1.807) is 0 Å². The summed E-state index contributed by atoms with van der Waals surface area (Å²) in [4.78, 5) is 0. The van der Waals surface area contributed by atoms with Crippen LogP contribution >= 0.6 is 12.2 Å². The molecule has 0 fully saturated rings. The lowest BCUT2D eigenvalue weighted by Gasteiger charge is -2.26. The number of rotatable bonds is 5. The third-order valence-corrected chi connectivity index (χ3v) is 3.78. The van der Waals surface area contributed by atoms with Crippen molar-refractivity contribution >= 4 is 32.1 Å². The highest BCUT2D eigenvalue weighted by Crippen LogP contribution is 2.35. The van der Waals surface area contributed by atoms with Gasteiger partial charge in [-0.25, -0.2) is 0 Å². The van der Waals surface area contributed by atoms with Crippen molar-refractivity contribution in [2.24, 2.45) is 10.8 Å². The third-order valence-electron chi connectivity index (χ3n) is 3.08. The molecule has 1 radical (unpaired) electrons. The molecule has 121 valence electrons. The molecule has 1 aromatic carbocycles. The van der Waals surface area contributed by atoms with E-state index in [0.717, 1.165) is 23.4 Å². The normalized spacial score (nSPS) is 12.4. The van der Waals surface area contributed by atoms with Gasteiger partial charge >= 0.3 is 0 Å². The Morgan fingerprint density at radius 3 is 2.45 bits per heavy atom. The summed E-state index contributed by atoms with van der Waals surface area (Å²) in [5.74, 6) is 0.930. The predicted octanol–water partition coefficient (Wildman–Crippen LogP) is 3.56. The number of benzene rings is 1. The summed E-state index contributed by atoms with van der Waals surface area (Å²) in [5, 5.41) is 4.50. The molecule has 0 bridgehead atoms. The van der Waals surface area contributed by atoms with E-state index in [0.29, 0.717) is 0 Å². The molecule has 0 saturated heterocycles. The van der Waals surface area contributed by atoms with Crippen molar-refractivity contribution < 1.29 is 4.43 Å². The van der Waals surface area contributed by atoms with E-state index < -0.39 is 9.04 Å². The molecule has 0 aliphatic heterocycles. The maximum Gasteiger partial charge on any atom is 0.274 e. The predicted molar refractivity (Wildman–Crippen MR) is 100 cm³/mol. The van der Waals surface area contributed by atoms with Crippen molar-refractivity contribution in [2.45, 2.75) is 52.6 Å². The van der Waals surface area contributed by atoms with Crippen molar-refractivity contribution in [1.82, 2.24) is 5.43 Å². The van der Waals surface area contributed by atoms with Crippen LogP contribution in [-0.2, 0) is 5.41 Å². The third kappa shape index (κ3) is 5.10. The van der Waals surface area contributed by atoms with Crippen LogP contribution in [0.15, 0.2) is 23.3 Å². The zero-order chi connectivity index (χ0) is 16.9. The number of hydrogen-bond acceptors (Lipinski definition) is 3.